The maximum atomic E-state index is 5.54. The fourth-order valence-electron chi connectivity index (χ4n) is 3.94. The van der Waals surface area contributed by atoms with E-state index in [1.165, 1.54) is 5.69 Å². The second-order valence-electron chi connectivity index (χ2n) is 7.50. The van der Waals surface area contributed by atoms with Crippen molar-refractivity contribution in [3.8, 4) is 17.2 Å². The Bertz CT molecular complexity index is 831. The van der Waals surface area contributed by atoms with Gasteiger partial charge in [0.1, 0.15) is 17.2 Å². The normalized spacial score (nSPS) is 14.4. The van der Waals surface area contributed by atoms with Crippen molar-refractivity contribution in [1.82, 2.24) is 10.6 Å². The third-order valence-corrected chi connectivity index (χ3v) is 5.67. The summed E-state index contributed by atoms with van der Waals surface area (Å²) in [5, 5.41) is 6.99. The molecule has 0 saturated carbocycles. The third kappa shape index (κ3) is 6.82. The lowest BCUT2D eigenvalue weighted by molar-refractivity contribution is 0.368. The Morgan fingerprint density at radius 3 is 2.16 bits per heavy atom. The highest BCUT2D eigenvalue weighted by Crippen LogP contribution is 2.34. The highest BCUT2D eigenvalue weighted by molar-refractivity contribution is 14.0. The van der Waals surface area contributed by atoms with Crippen molar-refractivity contribution in [3.05, 3.63) is 48.0 Å². The average molecular weight is 554 g/mol. The Labute approximate surface area is 208 Å². The molecule has 7 nitrogen and oxygen atoms in total. The summed E-state index contributed by atoms with van der Waals surface area (Å²) in [7, 11) is 6.76. The first kappa shape index (κ1) is 25.9. The molecule has 0 spiro atoms. The summed E-state index contributed by atoms with van der Waals surface area (Å²) in [6.07, 6.45) is 2.90. The van der Waals surface area contributed by atoms with Gasteiger partial charge in [0.25, 0.3) is 0 Å². The summed E-state index contributed by atoms with van der Waals surface area (Å²) in [6, 6.07) is 14.8. The fraction of sp³-hybridized carbons (Fsp3) is 0.458. The van der Waals surface area contributed by atoms with Crippen molar-refractivity contribution in [2.75, 3.05) is 52.9 Å². The molecule has 3 rings (SSSR count). The van der Waals surface area contributed by atoms with Gasteiger partial charge in [0, 0.05) is 56.1 Å². The van der Waals surface area contributed by atoms with Crippen molar-refractivity contribution >= 4 is 35.6 Å². The summed E-state index contributed by atoms with van der Waals surface area (Å²) in [6.45, 7) is 2.79. The van der Waals surface area contributed by atoms with E-state index in [1.807, 2.05) is 19.2 Å². The number of nitrogens with zero attached hydrogens (tertiary/aromatic N) is 2. The van der Waals surface area contributed by atoms with Crippen molar-refractivity contribution in [2.45, 2.75) is 25.3 Å². The van der Waals surface area contributed by atoms with Crippen LogP contribution in [0.25, 0.3) is 0 Å². The van der Waals surface area contributed by atoms with E-state index in [-0.39, 0.29) is 24.0 Å². The first-order chi connectivity index (χ1) is 15.2. The number of rotatable bonds is 8. The van der Waals surface area contributed by atoms with Gasteiger partial charge in [0.05, 0.1) is 21.3 Å². The molecule has 0 bridgehead atoms. The number of hydrogen-bond donors (Lipinski definition) is 2. The van der Waals surface area contributed by atoms with Gasteiger partial charge in [-0.3, -0.25) is 4.99 Å². The Balaban J connectivity index is 0.00000363. The largest absolute Gasteiger partial charge is 0.496 e. The number of nitrogens with one attached hydrogen (secondary N) is 2. The van der Waals surface area contributed by atoms with Gasteiger partial charge in [0.15, 0.2) is 5.96 Å². The molecule has 0 aliphatic carbocycles. The highest BCUT2D eigenvalue weighted by Gasteiger charge is 2.20. The van der Waals surface area contributed by atoms with Crippen LogP contribution in [0, 0.1) is 0 Å². The predicted octanol–water partition coefficient (Wildman–Crippen LogP) is 3.71. The standard InChI is InChI=1S/C24H34N4O3.HI/c1-25-24(27-18-11-14-28(15-12-18)19-8-6-5-7-9-19)26-13-10-21-22(30-3)16-20(29-2)17-23(21)31-4;/h5-9,16-18H,10-15H2,1-4H3,(H2,25,26,27);1H. The van der Waals surface area contributed by atoms with E-state index in [0.29, 0.717) is 18.3 Å². The molecule has 1 aliphatic heterocycles. The Morgan fingerprint density at radius 2 is 1.62 bits per heavy atom. The third-order valence-electron chi connectivity index (χ3n) is 5.67. The van der Waals surface area contributed by atoms with E-state index in [2.05, 4.69) is 50.9 Å². The van der Waals surface area contributed by atoms with Gasteiger partial charge < -0.3 is 29.7 Å². The number of halogens is 1. The molecule has 0 atom stereocenters. The van der Waals surface area contributed by atoms with Crippen LogP contribution in [0.2, 0.25) is 0 Å². The molecule has 0 radical (unpaired) electrons. The summed E-state index contributed by atoms with van der Waals surface area (Å²) in [5.74, 6) is 3.05. The minimum Gasteiger partial charge on any atom is -0.496 e. The molecular weight excluding hydrogens is 519 g/mol. The number of piperidine rings is 1. The SMILES string of the molecule is CN=C(NCCc1c(OC)cc(OC)cc1OC)NC1CCN(c2ccccc2)CC1.I. The van der Waals surface area contributed by atoms with Gasteiger partial charge in [-0.25, -0.2) is 0 Å². The van der Waals surface area contributed by atoms with Gasteiger partial charge in [-0.15, -0.1) is 24.0 Å². The zero-order valence-corrected chi connectivity index (χ0v) is 21.7. The van der Waals surface area contributed by atoms with Gasteiger partial charge >= 0.3 is 0 Å². The number of anilines is 1. The zero-order chi connectivity index (χ0) is 22.1. The summed E-state index contributed by atoms with van der Waals surface area (Å²) < 4.78 is 16.4. The summed E-state index contributed by atoms with van der Waals surface area (Å²) in [5.41, 5.74) is 2.30. The van der Waals surface area contributed by atoms with E-state index < -0.39 is 0 Å². The number of benzene rings is 2. The van der Waals surface area contributed by atoms with Crippen molar-refractivity contribution in [2.24, 2.45) is 4.99 Å². The van der Waals surface area contributed by atoms with Crippen molar-refractivity contribution in [3.63, 3.8) is 0 Å². The molecule has 1 heterocycles. The first-order valence-electron chi connectivity index (χ1n) is 10.7. The van der Waals surface area contributed by atoms with E-state index in [1.54, 1.807) is 21.3 Å². The number of para-hydroxylation sites is 1. The molecule has 1 aliphatic rings. The van der Waals surface area contributed by atoms with Crippen LogP contribution in [0.4, 0.5) is 5.69 Å². The lowest BCUT2D eigenvalue weighted by Gasteiger charge is -2.34. The lowest BCUT2D eigenvalue weighted by atomic mass is 10.0. The molecule has 2 aromatic rings. The van der Waals surface area contributed by atoms with Crippen LogP contribution in [0.1, 0.15) is 18.4 Å². The van der Waals surface area contributed by atoms with Gasteiger partial charge in [-0.1, -0.05) is 18.2 Å². The van der Waals surface area contributed by atoms with Crippen molar-refractivity contribution < 1.29 is 14.2 Å². The molecule has 8 heteroatoms. The molecule has 0 amide bonds. The summed E-state index contributed by atoms with van der Waals surface area (Å²) in [4.78, 5) is 6.84. The number of aliphatic imine (C=N–C) groups is 1. The van der Waals surface area contributed by atoms with Gasteiger partial charge in [-0.05, 0) is 31.4 Å². The zero-order valence-electron chi connectivity index (χ0n) is 19.4. The molecule has 0 unspecified atom stereocenters. The quantitative estimate of drug-likeness (QED) is 0.295. The van der Waals surface area contributed by atoms with Crippen LogP contribution >= 0.6 is 24.0 Å². The van der Waals surface area contributed by atoms with Crippen LogP contribution in [-0.2, 0) is 6.42 Å². The fourth-order valence-corrected chi connectivity index (χ4v) is 3.94. The summed E-state index contributed by atoms with van der Waals surface area (Å²) >= 11 is 0. The van der Waals surface area contributed by atoms with E-state index in [0.717, 1.165) is 55.4 Å². The first-order valence-corrected chi connectivity index (χ1v) is 10.7. The maximum absolute atomic E-state index is 5.54. The van der Waals surface area contributed by atoms with E-state index in [9.17, 15) is 0 Å². The molecule has 2 aromatic carbocycles. The number of methoxy groups -OCH3 is 3. The molecule has 1 saturated heterocycles. The van der Waals surface area contributed by atoms with Crippen LogP contribution in [0.15, 0.2) is 47.5 Å². The minimum atomic E-state index is 0. The smallest absolute Gasteiger partial charge is 0.191 e. The average Bonchev–Trinajstić information content (AvgIpc) is 2.84. The number of guanidine groups is 1. The monoisotopic (exact) mass is 554 g/mol. The molecule has 1 fully saturated rings. The Kier molecular flexibility index (Phi) is 10.7. The molecule has 176 valence electrons. The second kappa shape index (κ2) is 13.2. The van der Waals surface area contributed by atoms with Crippen LogP contribution in [0.5, 0.6) is 17.2 Å². The molecule has 32 heavy (non-hydrogen) atoms. The molecular formula is C24H35IN4O3. The van der Waals surface area contributed by atoms with Crippen LogP contribution in [0.3, 0.4) is 0 Å². The van der Waals surface area contributed by atoms with E-state index >= 15 is 0 Å². The molecule has 2 N–H and O–H groups in total. The van der Waals surface area contributed by atoms with Gasteiger partial charge in [0.2, 0.25) is 0 Å². The Morgan fingerprint density at radius 1 is 1.00 bits per heavy atom. The van der Waals surface area contributed by atoms with Crippen molar-refractivity contribution in [1.29, 1.82) is 0 Å². The predicted molar refractivity (Wildman–Crippen MR) is 141 cm³/mol. The second-order valence-corrected chi connectivity index (χ2v) is 7.50. The molecule has 0 aromatic heterocycles. The number of hydrogen-bond acceptors (Lipinski definition) is 5. The van der Waals surface area contributed by atoms with E-state index in [4.69, 9.17) is 14.2 Å². The van der Waals surface area contributed by atoms with Gasteiger partial charge in [-0.2, -0.15) is 0 Å². The minimum absolute atomic E-state index is 0. The highest BCUT2D eigenvalue weighted by atomic mass is 127. The topological polar surface area (TPSA) is 67.4 Å². The maximum Gasteiger partial charge on any atom is 0.191 e. The van der Waals surface area contributed by atoms with Crippen LogP contribution < -0.4 is 29.7 Å². The lowest BCUT2D eigenvalue weighted by Crippen LogP contribution is -2.49. The van der Waals surface area contributed by atoms with Crippen LogP contribution in [-0.4, -0.2) is 60.0 Å². The Hall–Kier alpha value is -2.36. The number of ether oxygens (including phenoxy) is 3.